The van der Waals surface area contributed by atoms with Gasteiger partial charge in [0.2, 0.25) is 0 Å². The summed E-state index contributed by atoms with van der Waals surface area (Å²) in [6, 6.07) is 5.27. The summed E-state index contributed by atoms with van der Waals surface area (Å²) in [6.45, 7) is 3.55. The van der Waals surface area contributed by atoms with Crippen molar-refractivity contribution in [2.24, 2.45) is 0 Å². The summed E-state index contributed by atoms with van der Waals surface area (Å²) in [4.78, 5) is 21.1. The second kappa shape index (κ2) is 6.11. The molecule has 0 heterocycles. The maximum absolute atomic E-state index is 10.9. The van der Waals surface area contributed by atoms with E-state index < -0.39 is 16.9 Å². The van der Waals surface area contributed by atoms with Crippen LogP contribution < -0.4 is 5.32 Å². The number of carboxylic acid groups (broad SMARTS) is 1. The molecule has 2 N–H and O–H groups in total. The number of hydrogen-bond acceptors (Lipinski definition) is 4. The van der Waals surface area contributed by atoms with Crippen molar-refractivity contribution in [2.45, 2.75) is 32.4 Å². The van der Waals surface area contributed by atoms with E-state index in [1.165, 1.54) is 12.1 Å². The van der Waals surface area contributed by atoms with Crippen LogP contribution in [0.5, 0.6) is 0 Å². The lowest BCUT2D eigenvalue weighted by atomic mass is 10.1. The van der Waals surface area contributed by atoms with E-state index in [4.69, 9.17) is 5.11 Å². The van der Waals surface area contributed by atoms with E-state index >= 15 is 0 Å². The van der Waals surface area contributed by atoms with E-state index in [2.05, 4.69) is 5.32 Å². The van der Waals surface area contributed by atoms with Gasteiger partial charge < -0.3 is 5.11 Å². The van der Waals surface area contributed by atoms with Gasteiger partial charge in [-0.25, -0.2) is 0 Å². The number of aliphatic carboxylic acids is 1. The summed E-state index contributed by atoms with van der Waals surface area (Å²) in [6.07, 6.45) is 0.453. The Morgan fingerprint density at radius 3 is 2.72 bits per heavy atom. The van der Waals surface area contributed by atoms with Crippen LogP contribution in [0.15, 0.2) is 24.3 Å². The quantitative estimate of drug-likeness (QED) is 0.597. The highest BCUT2D eigenvalue weighted by Crippen LogP contribution is 2.19. The lowest BCUT2D eigenvalue weighted by Crippen LogP contribution is -2.37. The molecule has 18 heavy (non-hydrogen) atoms. The molecule has 1 rings (SSSR count). The Kier molecular flexibility index (Phi) is 4.79. The Morgan fingerprint density at radius 1 is 1.56 bits per heavy atom. The van der Waals surface area contributed by atoms with E-state index in [0.29, 0.717) is 12.0 Å². The van der Waals surface area contributed by atoms with Crippen LogP contribution in [0.1, 0.15) is 31.9 Å². The van der Waals surface area contributed by atoms with E-state index in [1.54, 1.807) is 26.0 Å². The monoisotopic (exact) mass is 252 g/mol. The number of hydrogen-bond donors (Lipinski definition) is 2. The van der Waals surface area contributed by atoms with Crippen LogP contribution in [0.25, 0.3) is 0 Å². The zero-order valence-corrected chi connectivity index (χ0v) is 10.3. The van der Waals surface area contributed by atoms with Crippen molar-refractivity contribution in [3.63, 3.8) is 0 Å². The van der Waals surface area contributed by atoms with Crippen LogP contribution in [0.4, 0.5) is 5.69 Å². The lowest BCUT2D eigenvalue weighted by Gasteiger charge is -2.19. The molecule has 0 aliphatic carbocycles. The molecule has 98 valence electrons. The van der Waals surface area contributed by atoms with Gasteiger partial charge in [0.15, 0.2) is 0 Å². The predicted octanol–water partition coefficient (Wildman–Crippen LogP) is 2.11. The molecule has 0 amide bonds. The summed E-state index contributed by atoms with van der Waals surface area (Å²) in [5.74, 6) is -0.921. The average Bonchev–Trinajstić information content (AvgIpc) is 2.35. The van der Waals surface area contributed by atoms with E-state index in [0.717, 1.165) is 0 Å². The minimum atomic E-state index is -0.921. The van der Waals surface area contributed by atoms with E-state index in [9.17, 15) is 14.9 Å². The minimum absolute atomic E-state index is 0.00419. The molecule has 0 radical (unpaired) electrons. The smallest absolute Gasteiger partial charge is 0.320 e. The molecule has 2 unspecified atom stereocenters. The van der Waals surface area contributed by atoms with Crippen LogP contribution in [0.2, 0.25) is 0 Å². The number of nitro benzene ring substituents is 1. The molecule has 6 nitrogen and oxygen atoms in total. The Bertz CT molecular complexity index is 447. The molecule has 0 bridgehead atoms. The van der Waals surface area contributed by atoms with Gasteiger partial charge in [-0.05, 0) is 18.9 Å². The number of carboxylic acids is 1. The Hall–Kier alpha value is -1.95. The third-order valence-corrected chi connectivity index (χ3v) is 2.74. The highest BCUT2D eigenvalue weighted by atomic mass is 16.6. The van der Waals surface area contributed by atoms with Crippen molar-refractivity contribution in [3.8, 4) is 0 Å². The van der Waals surface area contributed by atoms with Crippen LogP contribution in [-0.2, 0) is 4.79 Å². The maximum atomic E-state index is 10.9. The van der Waals surface area contributed by atoms with Gasteiger partial charge in [-0.2, -0.15) is 0 Å². The molecular formula is C12H16N2O4. The number of carbonyl (C=O) groups is 1. The lowest BCUT2D eigenvalue weighted by molar-refractivity contribution is -0.384. The molecule has 0 aliphatic rings. The van der Waals surface area contributed by atoms with Gasteiger partial charge in [0, 0.05) is 18.2 Å². The summed E-state index contributed by atoms with van der Waals surface area (Å²) >= 11 is 0. The standard InChI is InChI=1S/C12H16N2O4/c1-3-11(12(15)16)13-8(2)9-5-4-6-10(7-9)14(17)18/h4-8,11,13H,3H2,1-2H3,(H,15,16). The molecule has 6 heteroatoms. The fourth-order valence-electron chi connectivity index (χ4n) is 1.67. The Balaban J connectivity index is 2.83. The fraction of sp³-hybridized carbons (Fsp3) is 0.417. The zero-order valence-electron chi connectivity index (χ0n) is 10.3. The molecule has 2 atom stereocenters. The zero-order chi connectivity index (χ0) is 13.7. The van der Waals surface area contributed by atoms with Crippen LogP contribution >= 0.6 is 0 Å². The van der Waals surface area contributed by atoms with Crippen molar-refractivity contribution < 1.29 is 14.8 Å². The van der Waals surface area contributed by atoms with Crippen LogP contribution in [0.3, 0.4) is 0 Å². The maximum Gasteiger partial charge on any atom is 0.320 e. The molecule has 1 aromatic carbocycles. The molecule has 1 aromatic rings. The average molecular weight is 252 g/mol. The molecule has 0 aliphatic heterocycles. The van der Waals surface area contributed by atoms with Gasteiger partial charge in [-0.1, -0.05) is 19.1 Å². The third kappa shape index (κ3) is 3.53. The van der Waals surface area contributed by atoms with E-state index in [-0.39, 0.29) is 11.7 Å². The summed E-state index contributed by atoms with van der Waals surface area (Å²) in [5, 5.41) is 22.5. The first-order valence-electron chi connectivity index (χ1n) is 5.69. The van der Waals surface area contributed by atoms with Gasteiger partial charge in [-0.15, -0.1) is 0 Å². The van der Waals surface area contributed by atoms with Crippen molar-refractivity contribution in [3.05, 3.63) is 39.9 Å². The molecular weight excluding hydrogens is 236 g/mol. The normalized spacial score (nSPS) is 13.9. The minimum Gasteiger partial charge on any atom is -0.480 e. The van der Waals surface area contributed by atoms with Crippen LogP contribution in [0, 0.1) is 10.1 Å². The topological polar surface area (TPSA) is 92.5 Å². The van der Waals surface area contributed by atoms with Crippen molar-refractivity contribution >= 4 is 11.7 Å². The Labute approximate surface area is 105 Å². The van der Waals surface area contributed by atoms with Crippen LogP contribution in [-0.4, -0.2) is 22.0 Å². The van der Waals surface area contributed by atoms with Gasteiger partial charge in [-0.3, -0.25) is 20.2 Å². The number of non-ortho nitro benzene ring substituents is 1. The SMILES string of the molecule is CCC(NC(C)c1cccc([N+](=O)[O-])c1)C(=O)O. The van der Waals surface area contributed by atoms with Gasteiger partial charge >= 0.3 is 5.97 Å². The molecule has 0 fully saturated rings. The first-order chi connectivity index (χ1) is 8.45. The first-order valence-corrected chi connectivity index (χ1v) is 5.69. The number of rotatable bonds is 6. The highest BCUT2D eigenvalue weighted by molar-refractivity contribution is 5.73. The predicted molar refractivity (Wildman–Crippen MR) is 66.4 cm³/mol. The third-order valence-electron chi connectivity index (χ3n) is 2.74. The number of benzene rings is 1. The largest absolute Gasteiger partial charge is 0.480 e. The summed E-state index contributed by atoms with van der Waals surface area (Å²) < 4.78 is 0. The number of nitrogens with zero attached hydrogens (tertiary/aromatic N) is 1. The highest BCUT2D eigenvalue weighted by Gasteiger charge is 2.19. The second-order valence-corrected chi connectivity index (χ2v) is 4.04. The summed E-state index contributed by atoms with van der Waals surface area (Å²) in [7, 11) is 0. The van der Waals surface area contributed by atoms with Gasteiger partial charge in [0.05, 0.1) is 4.92 Å². The van der Waals surface area contributed by atoms with E-state index in [1.807, 2.05) is 0 Å². The molecule has 0 aromatic heterocycles. The summed E-state index contributed by atoms with van der Waals surface area (Å²) in [5.41, 5.74) is 0.702. The Morgan fingerprint density at radius 2 is 2.22 bits per heavy atom. The number of nitro groups is 1. The molecule has 0 saturated heterocycles. The second-order valence-electron chi connectivity index (χ2n) is 4.04. The van der Waals surface area contributed by atoms with Gasteiger partial charge in [0.25, 0.3) is 5.69 Å². The molecule has 0 saturated carbocycles. The van der Waals surface area contributed by atoms with Gasteiger partial charge in [0.1, 0.15) is 6.04 Å². The van der Waals surface area contributed by atoms with Crippen molar-refractivity contribution in [2.75, 3.05) is 0 Å². The first kappa shape index (κ1) is 14.1. The van der Waals surface area contributed by atoms with Crippen molar-refractivity contribution in [1.29, 1.82) is 0 Å². The number of nitrogens with one attached hydrogen (secondary N) is 1. The van der Waals surface area contributed by atoms with Crippen molar-refractivity contribution in [1.82, 2.24) is 5.32 Å². The molecule has 0 spiro atoms. The fourth-order valence-corrected chi connectivity index (χ4v) is 1.67.